The first-order valence-corrected chi connectivity index (χ1v) is 5.88. The van der Waals surface area contributed by atoms with E-state index in [1.807, 2.05) is 12.1 Å². The second-order valence-electron chi connectivity index (χ2n) is 3.92. The first-order valence-electron chi connectivity index (χ1n) is 5.88. The molecule has 100 valence electrons. The fraction of sp³-hybridized carbons (Fsp3) is 0.267. The van der Waals surface area contributed by atoms with E-state index in [4.69, 9.17) is 15.6 Å². The molecule has 1 rings (SSSR count). The Morgan fingerprint density at radius 1 is 1.30 bits per heavy atom. The molecule has 0 saturated carbocycles. The van der Waals surface area contributed by atoms with Gasteiger partial charge < -0.3 is 10.0 Å². The monoisotopic (exact) mass is 267 g/mol. The van der Waals surface area contributed by atoms with E-state index in [0.717, 1.165) is 0 Å². The van der Waals surface area contributed by atoms with Crippen molar-refractivity contribution in [2.45, 2.75) is 6.92 Å². The lowest BCUT2D eigenvalue weighted by atomic mass is 10.0. The van der Waals surface area contributed by atoms with E-state index >= 15 is 0 Å². The van der Waals surface area contributed by atoms with Crippen LogP contribution in [0.1, 0.15) is 21.5 Å². The largest absolute Gasteiger partial charge is 0.384 e. The molecule has 0 aliphatic carbocycles. The van der Waals surface area contributed by atoms with Gasteiger partial charge in [0, 0.05) is 11.1 Å². The van der Waals surface area contributed by atoms with E-state index in [1.54, 1.807) is 25.1 Å². The average Bonchev–Trinajstić information content (AvgIpc) is 2.45. The van der Waals surface area contributed by atoms with Crippen LogP contribution in [0, 0.1) is 41.4 Å². The molecule has 1 aromatic carbocycles. The minimum atomic E-state index is -0.377. The van der Waals surface area contributed by atoms with Gasteiger partial charge >= 0.3 is 0 Å². The van der Waals surface area contributed by atoms with Gasteiger partial charge in [-0.05, 0) is 24.6 Å². The molecule has 1 aromatic rings. The quantitative estimate of drug-likeness (QED) is 0.649. The van der Waals surface area contributed by atoms with Crippen molar-refractivity contribution < 1.29 is 9.90 Å². The van der Waals surface area contributed by atoms with Crippen LogP contribution in [0.25, 0.3) is 0 Å². The maximum Gasteiger partial charge on any atom is 0.255 e. The summed E-state index contributed by atoms with van der Waals surface area (Å²) in [5, 5.41) is 26.1. The zero-order chi connectivity index (χ0) is 15.0. The van der Waals surface area contributed by atoms with Crippen LogP contribution in [0.15, 0.2) is 18.2 Å². The highest BCUT2D eigenvalue weighted by atomic mass is 16.2. The molecule has 0 spiro atoms. The van der Waals surface area contributed by atoms with Crippen LogP contribution in [-0.2, 0) is 0 Å². The summed E-state index contributed by atoms with van der Waals surface area (Å²) < 4.78 is 0. The fourth-order valence-electron chi connectivity index (χ4n) is 1.68. The van der Waals surface area contributed by atoms with Crippen LogP contribution < -0.4 is 0 Å². The summed E-state index contributed by atoms with van der Waals surface area (Å²) >= 11 is 0. The van der Waals surface area contributed by atoms with Crippen molar-refractivity contribution in [3.63, 3.8) is 0 Å². The predicted molar refractivity (Wildman–Crippen MR) is 72.3 cm³/mol. The van der Waals surface area contributed by atoms with Crippen LogP contribution in [0.5, 0.6) is 0 Å². The highest BCUT2D eigenvalue weighted by Gasteiger charge is 2.18. The smallest absolute Gasteiger partial charge is 0.255 e. The fourth-order valence-corrected chi connectivity index (χ4v) is 1.68. The summed E-state index contributed by atoms with van der Waals surface area (Å²) in [6.45, 7) is 1.20. The third-order valence-electron chi connectivity index (χ3n) is 2.68. The van der Waals surface area contributed by atoms with Gasteiger partial charge in [0.2, 0.25) is 0 Å². The molecule has 0 saturated heterocycles. The summed E-state index contributed by atoms with van der Waals surface area (Å²) in [5.41, 5.74) is 1.71. The van der Waals surface area contributed by atoms with Gasteiger partial charge in [-0.15, -0.1) is 0 Å². The number of carbonyl (C=O) groups excluding carboxylic acids is 1. The molecular weight excluding hydrogens is 254 g/mol. The van der Waals surface area contributed by atoms with Crippen LogP contribution in [-0.4, -0.2) is 35.6 Å². The Labute approximate surface area is 117 Å². The Bertz CT molecular complexity index is 626. The molecule has 1 N–H and O–H groups in total. The van der Waals surface area contributed by atoms with E-state index in [1.165, 1.54) is 4.90 Å². The van der Waals surface area contributed by atoms with Crippen molar-refractivity contribution >= 4 is 5.91 Å². The van der Waals surface area contributed by atoms with Crippen molar-refractivity contribution in [3.8, 4) is 24.0 Å². The lowest BCUT2D eigenvalue weighted by Gasteiger charge is -2.17. The minimum absolute atomic E-state index is 0.140. The Kier molecular flexibility index (Phi) is 5.78. The number of amides is 1. The zero-order valence-electron chi connectivity index (χ0n) is 11.1. The molecule has 0 unspecified atom stereocenters. The molecule has 0 heterocycles. The highest BCUT2D eigenvalue weighted by Crippen LogP contribution is 2.15. The van der Waals surface area contributed by atoms with Gasteiger partial charge in [0.1, 0.15) is 19.7 Å². The van der Waals surface area contributed by atoms with Crippen molar-refractivity contribution in [2.75, 3.05) is 19.7 Å². The summed E-state index contributed by atoms with van der Waals surface area (Å²) in [4.78, 5) is 13.5. The van der Waals surface area contributed by atoms with Gasteiger partial charge in [-0.1, -0.05) is 17.9 Å². The molecule has 0 bridgehead atoms. The molecule has 5 nitrogen and oxygen atoms in total. The van der Waals surface area contributed by atoms with E-state index in [0.29, 0.717) is 16.7 Å². The number of nitrogens with zero attached hydrogens (tertiary/aromatic N) is 3. The lowest BCUT2D eigenvalue weighted by molar-refractivity contribution is 0.0794. The molecule has 0 radical (unpaired) electrons. The third-order valence-corrected chi connectivity index (χ3v) is 2.68. The Morgan fingerprint density at radius 3 is 2.50 bits per heavy atom. The Morgan fingerprint density at radius 2 is 1.95 bits per heavy atom. The van der Waals surface area contributed by atoms with Gasteiger partial charge in [0.15, 0.2) is 0 Å². The van der Waals surface area contributed by atoms with Gasteiger partial charge in [-0.3, -0.25) is 4.79 Å². The summed E-state index contributed by atoms with van der Waals surface area (Å²) in [6, 6.07) is 8.78. The predicted octanol–water partition coefficient (Wildman–Crippen LogP) is 0.828. The topological polar surface area (TPSA) is 88.1 Å². The van der Waals surface area contributed by atoms with Crippen LogP contribution in [0.4, 0.5) is 0 Å². The highest BCUT2D eigenvalue weighted by molar-refractivity contribution is 5.96. The maximum atomic E-state index is 12.3. The number of aliphatic hydroxyl groups is 1. The van der Waals surface area contributed by atoms with Crippen molar-refractivity contribution in [1.82, 2.24) is 4.90 Å². The zero-order valence-corrected chi connectivity index (χ0v) is 11.1. The van der Waals surface area contributed by atoms with Gasteiger partial charge in [0.25, 0.3) is 5.91 Å². The van der Waals surface area contributed by atoms with Crippen molar-refractivity contribution in [1.29, 1.82) is 10.5 Å². The average molecular weight is 267 g/mol. The van der Waals surface area contributed by atoms with Crippen molar-refractivity contribution in [3.05, 3.63) is 34.9 Å². The van der Waals surface area contributed by atoms with E-state index < -0.39 is 0 Å². The van der Waals surface area contributed by atoms with E-state index in [9.17, 15) is 4.79 Å². The van der Waals surface area contributed by atoms with Crippen LogP contribution in [0.2, 0.25) is 0 Å². The second kappa shape index (κ2) is 7.59. The number of hydrogen-bond donors (Lipinski definition) is 1. The molecule has 5 heteroatoms. The standard InChI is InChI=1S/C15H13N3O2/c1-12-13(5-3-11-19)4-2-6-14(12)15(20)18(9-7-16)10-8-17/h2,4,6,19H,9-11H2,1H3. The summed E-state index contributed by atoms with van der Waals surface area (Å²) in [5.74, 6) is 4.91. The SMILES string of the molecule is Cc1c(C#CCO)cccc1C(=O)N(CC#N)CC#N. The van der Waals surface area contributed by atoms with Crippen LogP contribution >= 0.6 is 0 Å². The number of carbonyl (C=O) groups is 1. The maximum absolute atomic E-state index is 12.3. The molecule has 20 heavy (non-hydrogen) atoms. The number of hydrogen-bond acceptors (Lipinski definition) is 4. The summed E-state index contributed by atoms with van der Waals surface area (Å²) in [7, 11) is 0. The molecule has 0 aliphatic rings. The Balaban J connectivity index is 3.16. The summed E-state index contributed by atoms with van der Waals surface area (Å²) in [6.07, 6.45) is 0. The normalized spacial score (nSPS) is 8.80. The molecule has 0 atom stereocenters. The molecule has 0 aromatic heterocycles. The number of rotatable bonds is 3. The second-order valence-corrected chi connectivity index (χ2v) is 3.92. The van der Waals surface area contributed by atoms with Crippen LogP contribution in [0.3, 0.4) is 0 Å². The van der Waals surface area contributed by atoms with Gasteiger partial charge in [-0.25, -0.2) is 0 Å². The van der Waals surface area contributed by atoms with Gasteiger partial charge in [0.05, 0.1) is 12.1 Å². The molecule has 1 amide bonds. The third kappa shape index (κ3) is 3.59. The van der Waals surface area contributed by atoms with E-state index in [-0.39, 0.29) is 25.6 Å². The number of nitriles is 2. The molecule has 0 aliphatic heterocycles. The lowest BCUT2D eigenvalue weighted by Crippen LogP contribution is -2.32. The molecule has 0 fully saturated rings. The first-order chi connectivity index (χ1) is 9.65. The van der Waals surface area contributed by atoms with E-state index in [2.05, 4.69) is 11.8 Å². The molecular formula is C15H13N3O2. The van der Waals surface area contributed by atoms with Gasteiger partial charge in [-0.2, -0.15) is 10.5 Å². The Hall–Kier alpha value is -2.81. The minimum Gasteiger partial charge on any atom is -0.384 e. The first kappa shape index (κ1) is 15.2. The van der Waals surface area contributed by atoms with Crippen molar-refractivity contribution in [2.24, 2.45) is 0 Å². The number of aliphatic hydroxyl groups excluding tert-OH is 1. The number of benzene rings is 1.